The van der Waals surface area contributed by atoms with Gasteiger partial charge >= 0.3 is 0 Å². The highest BCUT2D eigenvalue weighted by Crippen LogP contribution is 2.18. The van der Waals surface area contributed by atoms with E-state index < -0.39 is 0 Å². The molecule has 0 atom stereocenters. The summed E-state index contributed by atoms with van der Waals surface area (Å²) in [5.41, 5.74) is 2.71. The lowest BCUT2D eigenvalue weighted by molar-refractivity contribution is 0.709. The first-order valence-electron chi connectivity index (χ1n) is 5.94. The summed E-state index contributed by atoms with van der Waals surface area (Å²) in [4.78, 5) is 0. The quantitative estimate of drug-likeness (QED) is 0.704. The summed E-state index contributed by atoms with van der Waals surface area (Å²) in [6.07, 6.45) is 3.47. The molecule has 0 amide bonds. The molecule has 0 saturated carbocycles. The maximum absolute atomic E-state index is 2.37. The van der Waals surface area contributed by atoms with Crippen LogP contribution in [0.1, 0.15) is 18.9 Å². The van der Waals surface area contributed by atoms with Crippen LogP contribution in [0.2, 0.25) is 0 Å². The lowest BCUT2D eigenvalue weighted by Crippen LogP contribution is -1.97. The van der Waals surface area contributed by atoms with Crippen LogP contribution in [0.3, 0.4) is 0 Å². The predicted molar refractivity (Wildman–Crippen MR) is 74.3 cm³/mol. The minimum atomic E-state index is 1.14. The summed E-state index contributed by atoms with van der Waals surface area (Å²) in [7, 11) is 0. The number of aromatic nitrogens is 1. The number of hydrogen-bond donors (Lipinski definition) is 0. The smallest absolute Gasteiger partial charge is 0.0480 e. The molecule has 0 radical (unpaired) electrons. The van der Waals surface area contributed by atoms with Crippen LogP contribution in [0.5, 0.6) is 0 Å². The van der Waals surface area contributed by atoms with Crippen LogP contribution in [-0.4, -0.2) is 16.1 Å². The van der Waals surface area contributed by atoms with Crippen molar-refractivity contribution in [3.63, 3.8) is 0 Å². The molecule has 1 heterocycles. The van der Waals surface area contributed by atoms with E-state index in [2.05, 4.69) is 48.9 Å². The van der Waals surface area contributed by atoms with Crippen LogP contribution in [0.4, 0.5) is 0 Å². The molecule has 0 bridgehead atoms. The Hall–Kier alpha value is -0.890. The Bertz CT molecular complexity index is 459. The Morgan fingerprint density at radius 1 is 1.25 bits per heavy atom. The molecule has 0 spiro atoms. The van der Waals surface area contributed by atoms with E-state index in [1.165, 1.54) is 34.4 Å². The van der Waals surface area contributed by atoms with Crippen molar-refractivity contribution < 1.29 is 0 Å². The molecule has 1 nitrogen and oxygen atoms in total. The molecule has 0 aliphatic rings. The van der Waals surface area contributed by atoms with Gasteiger partial charge in [-0.25, -0.2) is 0 Å². The highest BCUT2D eigenvalue weighted by atomic mass is 32.2. The molecule has 2 aromatic rings. The van der Waals surface area contributed by atoms with E-state index in [-0.39, 0.29) is 0 Å². The number of aryl methyl sites for hydroxylation is 2. The summed E-state index contributed by atoms with van der Waals surface area (Å²) in [6, 6.07) is 8.90. The number of thioether (sulfide) groups is 1. The SMILES string of the molecule is CCSCCCn1ccc2cc(C)ccc21. The third kappa shape index (κ3) is 2.62. The zero-order valence-electron chi connectivity index (χ0n) is 10.1. The van der Waals surface area contributed by atoms with Gasteiger partial charge in [0.1, 0.15) is 0 Å². The first-order chi connectivity index (χ1) is 7.81. The molecule has 0 aliphatic heterocycles. The van der Waals surface area contributed by atoms with Gasteiger partial charge in [-0.3, -0.25) is 0 Å². The largest absolute Gasteiger partial charge is 0.347 e. The van der Waals surface area contributed by atoms with Gasteiger partial charge in [-0.2, -0.15) is 11.8 Å². The van der Waals surface area contributed by atoms with Gasteiger partial charge in [0.15, 0.2) is 0 Å². The monoisotopic (exact) mass is 233 g/mol. The van der Waals surface area contributed by atoms with Crippen molar-refractivity contribution in [1.29, 1.82) is 0 Å². The lowest BCUT2D eigenvalue weighted by atomic mass is 10.2. The third-order valence-corrected chi connectivity index (χ3v) is 3.80. The molecular weight excluding hydrogens is 214 g/mol. The zero-order valence-corrected chi connectivity index (χ0v) is 10.9. The molecule has 1 aromatic heterocycles. The summed E-state index contributed by atoms with van der Waals surface area (Å²) < 4.78 is 2.37. The van der Waals surface area contributed by atoms with Gasteiger partial charge in [0, 0.05) is 18.3 Å². The number of nitrogens with zero attached hydrogens (tertiary/aromatic N) is 1. The van der Waals surface area contributed by atoms with Crippen molar-refractivity contribution in [1.82, 2.24) is 4.57 Å². The Kier molecular flexibility index (Phi) is 3.94. The van der Waals surface area contributed by atoms with E-state index in [0.717, 1.165) is 6.54 Å². The molecule has 1 aromatic carbocycles. The van der Waals surface area contributed by atoms with E-state index >= 15 is 0 Å². The van der Waals surface area contributed by atoms with Gasteiger partial charge in [-0.1, -0.05) is 18.6 Å². The standard InChI is InChI=1S/C14H19NS/c1-3-16-10-4-8-15-9-7-13-11-12(2)5-6-14(13)15/h5-7,9,11H,3-4,8,10H2,1-2H3. The normalized spacial score (nSPS) is 11.1. The fraction of sp³-hybridized carbons (Fsp3) is 0.429. The van der Waals surface area contributed by atoms with Crippen molar-refractivity contribution in [2.45, 2.75) is 26.8 Å². The van der Waals surface area contributed by atoms with E-state index in [4.69, 9.17) is 0 Å². The van der Waals surface area contributed by atoms with Gasteiger partial charge in [0.05, 0.1) is 0 Å². The van der Waals surface area contributed by atoms with Crippen molar-refractivity contribution in [3.05, 3.63) is 36.0 Å². The van der Waals surface area contributed by atoms with Crippen molar-refractivity contribution >= 4 is 22.7 Å². The van der Waals surface area contributed by atoms with Crippen LogP contribution >= 0.6 is 11.8 Å². The molecule has 16 heavy (non-hydrogen) atoms. The molecule has 0 aliphatic carbocycles. The summed E-state index contributed by atoms with van der Waals surface area (Å²) in [5.74, 6) is 2.49. The average molecular weight is 233 g/mol. The minimum Gasteiger partial charge on any atom is -0.347 e. The van der Waals surface area contributed by atoms with Crippen LogP contribution in [0, 0.1) is 6.92 Å². The summed E-state index contributed by atoms with van der Waals surface area (Å²) in [5, 5.41) is 1.36. The maximum atomic E-state index is 2.37. The van der Waals surface area contributed by atoms with Gasteiger partial charge in [0.2, 0.25) is 0 Å². The highest BCUT2D eigenvalue weighted by molar-refractivity contribution is 7.99. The number of rotatable bonds is 5. The van der Waals surface area contributed by atoms with Crippen LogP contribution in [0.15, 0.2) is 30.5 Å². The van der Waals surface area contributed by atoms with Gasteiger partial charge < -0.3 is 4.57 Å². The second-order valence-electron chi connectivity index (χ2n) is 4.12. The van der Waals surface area contributed by atoms with Crippen LogP contribution in [-0.2, 0) is 6.54 Å². The van der Waals surface area contributed by atoms with Crippen LogP contribution in [0.25, 0.3) is 10.9 Å². The van der Waals surface area contributed by atoms with E-state index in [0.29, 0.717) is 0 Å². The Morgan fingerprint density at radius 3 is 2.94 bits per heavy atom. The third-order valence-electron chi connectivity index (χ3n) is 2.82. The second-order valence-corrected chi connectivity index (χ2v) is 5.52. The second kappa shape index (κ2) is 5.44. The van der Waals surface area contributed by atoms with Crippen molar-refractivity contribution in [3.8, 4) is 0 Å². The topological polar surface area (TPSA) is 4.93 Å². The molecule has 0 fully saturated rings. The summed E-state index contributed by atoms with van der Waals surface area (Å²) >= 11 is 2.02. The minimum absolute atomic E-state index is 1.14. The van der Waals surface area contributed by atoms with E-state index in [1.807, 2.05) is 11.8 Å². The van der Waals surface area contributed by atoms with E-state index in [9.17, 15) is 0 Å². The molecule has 0 saturated heterocycles. The molecule has 2 heteroatoms. The van der Waals surface area contributed by atoms with Crippen molar-refractivity contribution in [2.24, 2.45) is 0 Å². The Labute approximate surface area is 102 Å². The Balaban J connectivity index is 2.07. The number of hydrogen-bond acceptors (Lipinski definition) is 1. The molecule has 0 N–H and O–H groups in total. The first kappa shape index (κ1) is 11.6. The van der Waals surface area contributed by atoms with Gasteiger partial charge in [-0.05, 0) is 48.4 Å². The van der Waals surface area contributed by atoms with Crippen molar-refractivity contribution in [2.75, 3.05) is 11.5 Å². The lowest BCUT2D eigenvalue weighted by Gasteiger charge is -2.05. The van der Waals surface area contributed by atoms with E-state index in [1.54, 1.807) is 0 Å². The molecule has 0 unspecified atom stereocenters. The van der Waals surface area contributed by atoms with Gasteiger partial charge in [0.25, 0.3) is 0 Å². The number of benzene rings is 1. The fourth-order valence-electron chi connectivity index (χ4n) is 2.00. The highest BCUT2D eigenvalue weighted by Gasteiger charge is 2.00. The molecule has 86 valence electrons. The Morgan fingerprint density at radius 2 is 2.12 bits per heavy atom. The summed E-state index contributed by atoms with van der Waals surface area (Å²) in [6.45, 7) is 5.51. The average Bonchev–Trinajstić information content (AvgIpc) is 2.67. The fourth-order valence-corrected chi connectivity index (χ4v) is 2.62. The maximum Gasteiger partial charge on any atom is 0.0480 e. The number of fused-ring (bicyclic) bond motifs is 1. The predicted octanol–water partition coefficient (Wildman–Crippen LogP) is 4.09. The van der Waals surface area contributed by atoms with Gasteiger partial charge in [-0.15, -0.1) is 0 Å². The van der Waals surface area contributed by atoms with Crippen LogP contribution < -0.4 is 0 Å². The molecule has 2 rings (SSSR count). The first-order valence-corrected chi connectivity index (χ1v) is 7.10. The molecular formula is C14H19NS. The zero-order chi connectivity index (χ0) is 11.4.